The number of benzene rings is 2. The predicted octanol–water partition coefficient (Wildman–Crippen LogP) is 4.31. The highest BCUT2D eigenvalue weighted by Crippen LogP contribution is 2.15. The van der Waals surface area contributed by atoms with Gasteiger partial charge >= 0.3 is 0 Å². The third-order valence-electron chi connectivity index (χ3n) is 4.72. The average molecular weight is 398 g/mol. The van der Waals surface area contributed by atoms with E-state index in [4.69, 9.17) is 17.0 Å². The molecule has 0 aliphatic carbocycles. The maximum absolute atomic E-state index is 12.5. The van der Waals surface area contributed by atoms with Gasteiger partial charge in [-0.15, -0.1) is 0 Å². The molecule has 2 N–H and O–H groups in total. The van der Waals surface area contributed by atoms with Crippen molar-refractivity contribution < 1.29 is 9.53 Å². The van der Waals surface area contributed by atoms with Crippen LogP contribution in [0.15, 0.2) is 48.5 Å². The number of amides is 1. The molecule has 6 heteroatoms. The summed E-state index contributed by atoms with van der Waals surface area (Å²) in [7, 11) is 0. The van der Waals surface area contributed by atoms with E-state index < -0.39 is 0 Å². The number of anilines is 2. The number of morpholine rings is 1. The molecular weight excluding hydrogens is 370 g/mol. The lowest BCUT2D eigenvalue weighted by Crippen LogP contribution is -2.40. The fraction of sp³-hybridized carbons (Fsp3) is 0.364. The van der Waals surface area contributed by atoms with E-state index in [1.54, 1.807) is 0 Å². The maximum atomic E-state index is 12.5. The van der Waals surface area contributed by atoms with Gasteiger partial charge in [-0.3, -0.25) is 4.79 Å². The molecule has 0 radical (unpaired) electrons. The van der Waals surface area contributed by atoms with E-state index in [0.717, 1.165) is 17.8 Å². The SMILES string of the molecule is CCCCc1ccc(NC(=S)Nc2ccc(C(=O)N3CCOCC3)cc2)cc1. The molecule has 1 aliphatic heterocycles. The molecule has 3 rings (SSSR count). The van der Waals surface area contributed by atoms with Gasteiger partial charge in [0.05, 0.1) is 13.2 Å². The van der Waals surface area contributed by atoms with Crippen LogP contribution in [0.1, 0.15) is 35.7 Å². The van der Waals surface area contributed by atoms with Crippen molar-refractivity contribution in [1.82, 2.24) is 4.90 Å². The Morgan fingerprint density at radius 1 is 1.00 bits per heavy atom. The Kier molecular flexibility index (Phi) is 7.39. The predicted molar refractivity (Wildman–Crippen MR) is 118 cm³/mol. The number of unbranched alkanes of at least 4 members (excludes halogenated alkanes) is 1. The zero-order valence-electron chi connectivity index (χ0n) is 16.2. The van der Waals surface area contributed by atoms with Crippen LogP contribution in [-0.2, 0) is 11.2 Å². The number of carbonyl (C=O) groups excluding carboxylic acids is 1. The number of carbonyl (C=O) groups is 1. The molecule has 1 saturated heterocycles. The fourth-order valence-electron chi connectivity index (χ4n) is 3.07. The first-order valence-corrected chi connectivity index (χ1v) is 10.2. The third kappa shape index (κ3) is 5.78. The second kappa shape index (κ2) is 10.2. The maximum Gasteiger partial charge on any atom is 0.254 e. The summed E-state index contributed by atoms with van der Waals surface area (Å²) in [5, 5.41) is 6.88. The van der Waals surface area contributed by atoms with Crippen LogP contribution < -0.4 is 10.6 Å². The number of rotatable bonds is 6. The number of hydrogen-bond donors (Lipinski definition) is 2. The molecule has 0 unspecified atom stereocenters. The van der Waals surface area contributed by atoms with Gasteiger partial charge in [0.15, 0.2) is 5.11 Å². The van der Waals surface area contributed by atoms with Gasteiger partial charge in [0.2, 0.25) is 0 Å². The lowest BCUT2D eigenvalue weighted by Gasteiger charge is -2.26. The molecule has 1 fully saturated rings. The largest absolute Gasteiger partial charge is 0.378 e. The first-order valence-electron chi connectivity index (χ1n) is 9.80. The van der Waals surface area contributed by atoms with Gasteiger partial charge < -0.3 is 20.3 Å². The first-order chi connectivity index (χ1) is 13.7. The lowest BCUT2D eigenvalue weighted by atomic mass is 10.1. The third-order valence-corrected chi connectivity index (χ3v) is 4.92. The minimum atomic E-state index is 0.0405. The summed E-state index contributed by atoms with van der Waals surface area (Å²) < 4.78 is 5.30. The zero-order valence-corrected chi connectivity index (χ0v) is 17.1. The van der Waals surface area contributed by atoms with Crippen LogP contribution in [-0.4, -0.2) is 42.2 Å². The number of nitrogens with zero attached hydrogens (tertiary/aromatic N) is 1. The van der Waals surface area contributed by atoms with Crippen LogP contribution >= 0.6 is 12.2 Å². The summed E-state index contributed by atoms with van der Waals surface area (Å²) in [6, 6.07) is 15.7. The molecule has 5 nitrogen and oxygen atoms in total. The molecule has 1 aliphatic rings. The molecule has 2 aromatic rings. The summed E-state index contributed by atoms with van der Waals surface area (Å²) >= 11 is 5.40. The van der Waals surface area contributed by atoms with Crippen LogP contribution in [0.25, 0.3) is 0 Å². The van der Waals surface area contributed by atoms with Crippen molar-refractivity contribution in [2.24, 2.45) is 0 Å². The van der Waals surface area contributed by atoms with Crippen molar-refractivity contribution in [3.8, 4) is 0 Å². The van der Waals surface area contributed by atoms with Crippen molar-refractivity contribution in [1.29, 1.82) is 0 Å². The highest BCUT2D eigenvalue weighted by molar-refractivity contribution is 7.80. The van der Waals surface area contributed by atoms with Crippen molar-refractivity contribution in [3.63, 3.8) is 0 Å². The van der Waals surface area contributed by atoms with E-state index in [2.05, 4.69) is 29.7 Å². The number of thiocarbonyl (C=S) groups is 1. The average Bonchev–Trinajstić information content (AvgIpc) is 2.74. The van der Waals surface area contributed by atoms with E-state index in [0.29, 0.717) is 37.0 Å². The molecule has 28 heavy (non-hydrogen) atoms. The minimum Gasteiger partial charge on any atom is -0.378 e. The Bertz CT molecular complexity index is 784. The molecule has 1 heterocycles. The molecule has 0 atom stereocenters. The topological polar surface area (TPSA) is 53.6 Å². The van der Waals surface area contributed by atoms with Crippen LogP contribution in [0.5, 0.6) is 0 Å². The van der Waals surface area contributed by atoms with E-state index >= 15 is 0 Å². The van der Waals surface area contributed by atoms with Crippen LogP contribution in [0.4, 0.5) is 11.4 Å². The van der Waals surface area contributed by atoms with E-state index in [9.17, 15) is 4.79 Å². The van der Waals surface area contributed by atoms with Gasteiger partial charge in [-0.25, -0.2) is 0 Å². The second-order valence-electron chi connectivity index (χ2n) is 6.86. The summed E-state index contributed by atoms with van der Waals surface area (Å²) in [5.74, 6) is 0.0405. The standard InChI is InChI=1S/C22H27N3O2S/c1-2-3-4-17-5-9-19(10-6-17)23-22(28)24-20-11-7-18(8-12-20)21(26)25-13-15-27-16-14-25/h5-12H,2-4,13-16H2,1H3,(H2,23,24,28). The van der Waals surface area contributed by atoms with E-state index in [1.807, 2.05) is 41.3 Å². The Hall–Kier alpha value is -2.44. The first kappa shape index (κ1) is 20.3. The smallest absolute Gasteiger partial charge is 0.254 e. The van der Waals surface area contributed by atoms with Crippen molar-refractivity contribution in [2.45, 2.75) is 26.2 Å². The van der Waals surface area contributed by atoms with E-state index in [1.165, 1.54) is 18.4 Å². The monoisotopic (exact) mass is 397 g/mol. The number of hydrogen-bond acceptors (Lipinski definition) is 3. The highest BCUT2D eigenvalue weighted by Gasteiger charge is 2.18. The molecule has 1 amide bonds. The van der Waals surface area contributed by atoms with Gasteiger partial charge in [0, 0.05) is 30.0 Å². The Morgan fingerprint density at radius 3 is 2.14 bits per heavy atom. The normalized spacial score (nSPS) is 13.8. The Labute approximate surface area is 172 Å². The molecule has 0 saturated carbocycles. The summed E-state index contributed by atoms with van der Waals surface area (Å²) in [4.78, 5) is 14.3. The van der Waals surface area contributed by atoms with Gasteiger partial charge in [-0.05, 0) is 67.0 Å². The van der Waals surface area contributed by atoms with Gasteiger partial charge in [-0.2, -0.15) is 0 Å². The van der Waals surface area contributed by atoms with Crippen LogP contribution in [0, 0.1) is 0 Å². The van der Waals surface area contributed by atoms with Crippen molar-refractivity contribution >= 4 is 34.6 Å². The summed E-state index contributed by atoms with van der Waals surface area (Å²) in [5.41, 5.74) is 3.81. The lowest BCUT2D eigenvalue weighted by molar-refractivity contribution is 0.0303. The summed E-state index contributed by atoms with van der Waals surface area (Å²) in [6.07, 6.45) is 3.51. The molecule has 2 aromatic carbocycles. The number of aryl methyl sites for hydroxylation is 1. The number of ether oxygens (including phenoxy) is 1. The molecular formula is C22H27N3O2S. The molecule has 0 aromatic heterocycles. The minimum absolute atomic E-state index is 0.0405. The van der Waals surface area contributed by atoms with Crippen molar-refractivity contribution in [3.05, 3.63) is 59.7 Å². The van der Waals surface area contributed by atoms with Crippen molar-refractivity contribution in [2.75, 3.05) is 36.9 Å². The van der Waals surface area contributed by atoms with E-state index in [-0.39, 0.29) is 5.91 Å². The zero-order chi connectivity index (χ0) is 19.8. The highest BCUT2D eigenvalue weighted by atomic mass is 32.1. The second-order valence-corrected chi connectivity index (χ2v) is 7.27. The molecule has 0 bridgehead atoms. The quantitative estimate of drug-likeness (QED) is 0.712. The van der Waals surface area contributed by atoms with Crippen LogP contribution in [0.3, 0.4) is 0 Å². The molecule has 0 spiro atoms. The van der Waals surface area contributed by atoms with Crippen LogP contribution in [0.2, 0.25) is 0 Å². The van der Waals surface area contributed by atoms with Gasteiger partial charge in [0.25, 0.3) is 5.91 Å². The Balaban J connectivity index is 1.52. The number of nitrogens with one attached hydrogen (secondary N) is 2. The fourth-order valence-corrected chi connectivity index (χ4v) is 3.31. The van der Waals surface area contributed by atoms with Gasteiger partial charge in [-0.1, -0.05) is 25.5 Å². The summed E-state index contributed by atoms with van der Waals surface area (Å²) in [6.45, 7) is 4.69. The molecule has 148 valence electrons. The van der Waals surface area contributed by atoms with Gasteiger partial charge in [0.1, 0.15) is 0 Å². The Morgan fingerprint density at radius 2 is 1.57 bits per heavy atom.